The Balaban J connectivity index is 2.05. The predicted octanol–water partition coefficient (Wildman–Crippen LogP) is 3.75. The highest BCUT2D eigenvalue weighted by molar-refractivity contribution is 5.81. The van der Waals surface area contributed by atoms with Gasteiger partial charge in [-0.05, 0) is 50.2 Å². The predicted molar refractivity (Wildman–Crippen MR) is 78.3 cm³/mol. The van der Waals surface area contributed by atoms with E-state index in [0.717, 1.165) is 11.4 Å². The molecular weight excluding hydrogens is 254 g/mol. The molecule has 4 heteroatoms. The molecule has 20 heavy (non-hydrogen) atoms. The van der Waals surface area contributed by atoms with Gasteiger partial charge in [-0.2, -0.15) is 0 Å². The maximum absolute atomic E-state index is 11.0. The second-order valence-electron chi connectivity index (χ2n) is 4.99. The van der Waals surface area contributed by atoms with Gasteiger partial charge in [0, 0.05) is 5.69 Å². The number of benzene rings is 2. The fourth-order valence-corrected chi connectivity index (χ4v) is 1.65. The zero-order chi connectivity index (χ0) is 14.6. The normalized spacial score (nSPS) is 10.9. The van der Waals surface area contributed by atoms with Crippen molar-refractivity contribution in [2.75, 3.05) is 5.32 Å². The molecule has 0 aromatic heterocycles. The minimum absolute atomic E-state index is 0.704. The molecule has 2 rings (SSSR count). The number of para-hydroxylation sites is 1. The van der Waals surface area contributed by atoms with Gasteiger partial charge in [0.05, 0.1) is 0 Å². The van der Waals surface area contributed by atoms with Crippen LogP contribution in [0.25, 0.3) is 0 Å². The number of aliphatic carboxylic acids is 1. The molecule has 0 unspecified atom stereocenters. The molecule has 0 saturated carbocycles. The molecule has 0 atom stereocenters. The van der Waals surface area contributed by atoms with E-state index in [1.54, 1.807) is 38.1 Å². The van der Waals surface area contributed by atoms with Crippen molar-refractivity contribution in [3.63, 3.8) is 0 Å². The molecule has 0 amide bonds. The summed E-state index contributed by atoms with van der Waals surface area (Å²) in [6.45, 7) is 3.23. The van der Waals surface area contributed by atoms with Gasteiger partial charge in [-0.15, -0.1) is 0 Å². The Labute approximate surface area is 118 Å². The van der Waals surface area contributed by atoms with Crippen molar-refractivity contribution >= 4 is 11.7 Å². The van der Waals surface area contributed by atoms with Crippen LogP contribution in [0.2, 0.25) is 0 Å². The van der Waals surface area contributed by atoms with Crippen LogP contribution in [-0.4, -0.2) is 16.6 Å². The quantitative estimate of drug-likeness (QED) is 0.869. The van der Waals surface area contributed by atoms with E-state index in [9.17, 15) is 4.79 Å². The van der Waals surface area contributed by atoms with Gasteiger partial charge in [0.15, 0.2) is 0 Å². The number of carbonyl (C=O) groups is 1. The summed E-state index contributed by atoms with van der Waals surface area (Å²) in [4.78, 5) is 11.0. The Morgan fingerprint density at radius 3 is 2.10 bits per heavy atom. The van der Waals surface area contributed by atoms with Gasteiger partial charge < -0.3 is 15.2 Å². The minimum Gasteiger partial charge on any atom is -0.480 e. The first-order chi connectivity index (χ1) is 9.47. The van der Waals surface area contributed by atoms with Crippen LogP contribution in [0.15, 0.2) is 54.6 Å². The number of hydrogen-bond donors (Lipinski definition) is 2. The Morgan fingerprint density at radius 2 is 1.55 bits per heavy atom. The van der Waals surface area contributed by atoms with E-state index in [0.29, 0.717) is 5.75 Å². The second-order valence-corrected chi connectivity index (χ2v) is 4.99. The van der Waals surface area contributed by atoms with Gasteiger partial charge in [0.1, 0.15) is 17.0 Å². The first kappa shape index (κ1) is 13.9. The Morgan fingerprint density at radius 1 is 1.00 bits per heavy atom. The lowest BCUT2D eigenvalue weighted by atomic mass is 10.1. The number of carboxylic acids is 1. The van der Waals surface area contributed by atoms with E-state index >= 15 is 0 Å². The topological polar surface area (TPSA) is 58.6 Å². The maximum atomic E-state index is 11.0. The molecule has 0 aliphatic carbocycles. The lowest BCUT2D eigenvalue weighted by Gasteiger charge is -2.22. The van der Waals surface area contributed by atoms with E-state index < -0.39 is 11.5 Å². The SMILES string of the molecule is CC(C)(Nc1ccc(Oc2ccccc2)cc1)C(=O)O. The molecule has 0 spiro atoms. The van der Waals surface area contributed by atoms with Gasteiger partial charge in [-0.3, -0.25) is 0 Å². The smallest absolute Gasteiger partial charge is 0.328 e. The fraction of sp³-hybridized carbons (Fsp3) is 0.188. The molecule has 0 aliphatic heterocycles. The molecule has 0 fully saturated rings. The molecule has 104 valence electrons. The summed E-state index contributed by atoms with van der Waals surface area (Å²) in [6.07, 6.45) is 0. The van der Waals surface area contributed by atoms with E-state index in [4.69, 9.17) is 9.84 Å². The van der Waals surface area contributed by atoms with Crippen molar-refractivity contribution in [1.29, 1.82) is 0 Å². The van der Waals surface area contributed by atoms with E-state index in [2.05, 4.69) is 5.32 Å². The zero-order valence-corrected chi connectivity index (χ0v) is 11.5. The highest BCUT2D eigenvalue weighted by Gasteiger charge is 2.26. The number of anilines is 1. The van der Waals surface area contributed by atoms with Gasteiger partial charge in [0.25, 0.3) is 0 Å². The number of hydrogen-bond acceptors (Lipinski definition) is 3. The molecule has 2 aromatic rings. The molecule has 0 saturated heterocycles. The van der Waals surface area contributed by atoms with Crippen LogP contribution in [0.1, 0.15) is 13.8 Å². The standard InChI is InChI=1S/C16H17NO3/c1-16(2,15(18)19)17-12-8-10-14(11-9-12)20-13-6-4-3-5-7-13/h3-11,17H,1-2H3,(H,18,19). The largest absolute Gasteiger partial charge is 0.480 e. The van der Waals surface area contributed by atoms with E-state index in [1.165, 1.54) is 0 Å². The molecule has 2 N–H and O–H groups in total. The van der Waals surface area contributed by atoms with Gasteiger partial charge in [-0.1, -0.05) is 18.2 Å². The van der Waals surface area contributed by atoms with Crippen LogP contribution in [0.5, 0.6) is 11.5 Å². The van der Waals surface area contributed by atoms with Crippen LogP contribution < -0.4 is 10.1 Å². The van der Waals surface area contributed by atoms with Crippen LogP contribution >= 0.6 is 0 Å². The van der Waals surface area contributed by atoms with Gasteiger partial charge in [-0.25, -0.2) is 4.79 Å². The number of ether oxygens (including phenoxy) is 1. The second kappa shape index (κ2) is 5.65. The molecule has 0 aliphatic rings. The number of rotatable bonds is 5. The van der Waals surface area contributed by atoms with Crippen molar-refractivity contribution < 1.29 is 14.6 Å². The van der Waals surface area contributed by atoms with Crippen molar-refractivity contribution in [3.05, 3.63) is 54.6 Å². The molecule has 0 bridgehead atoms. The van der Waals surface area contributed by atoms with Crippen LogP contribution in [0.4, 0.5) is 5.69 Å². The third kappa shape index (κ3) is 3.51. The fourth-order valence-electron chi connectivity index (χ4n) is 1.65. The first-order valence-electron chi connectivity index (χ1n) is 6.32. The lowest BCUT2D eigenvalue weighted by molar-refractivity contribution is -0.141. The highest BCUT2D eigenvalue weighted by atomic mass is 16.5. The number of nitrogens with one attached hydrogen (secondary N) is 1. The average molecular weight is 271 g/mol. The number of carboxylic acid groups (broad SMARTS) is 1. The van der Waals surface area contributed by atoms with E-state index in [1.807, 2.05) is 30.3 Å². The van der Waals surface area contributed by atoms with Crippen molar-refractivity contribution in [2.24, 2.45) is 0 Å². The molecule has 4 nitrogen and oxygen atoms in total. The lowest BCUT2D eigenvalue weighted by Crippen LogP contribution is -2.39. The Bertz CT molecular complexity index is 576. The first-order valence-corrected chi connectivity index (χ1v) is 6.32. The summed E-state index contributed by atoms with van der Waals surface area (Å²) in [5, 5.41) is 12.0. The maximum Gasteiger partial charge on any atom is 0.328 e. The van der Waals surface area contributed by atoms with Crippen molar-refractivity contribution in [3.8, 4) is 11.5 Å². The average Bonchev–Trinajstić information content (AvgIpc) is 2.42. The summed E-state index contributed by atoms with van der Waals surface area (Å²) in [5.41, 5.74) is -0.278. The summed E-state index contributed by atoms with van der Waals surface area (Å²) in [5.74, 6) is 0.566. The third-order valence-corrected chi connectivity index (χ3v) is 2.82. The molecule has 2 aromatic carbocycles. The van der Waals surface area contributed by atoms with Gasteiger partial charge in [0.2, 0.25) is 0 Å². The monoisotopic (exact) mass is 271 g/mol. The van der Waals surface area contributed by atoms with Crippen LogP contribution in [-0.2, 0) is 4.79 Å². The van der Waals surface area contributed by atoms with E-state index in [-0.39, 0.29) is 0 Å². The summed E-state index contributed by atoms with van der Waals surface area (Å²) >= 11 is 0. The summed E-state index contributed by atoms with van der Waals surface area (Å²) < 4.78 is 5.67. The molecular formula is C16H17NO3. The Hall–Kier alpha value is -2.49. The third-order valence-electron chi connectivity index (χ3n) is 2.82. The van der Waals surface area contributed by atoms with Crippen molar-refractivity contribution in [2.45, 2.75) is 19.4 Å². The molecule has 0 heterocycles. The Kier molecular flexibility index (Phi) is 3.94. The van der Waals surface area contributed by atoms with Crippen LogP contribution in [0.3, 0.4) is 0 Å². The highest BCUT2D eigenvalue weighted by Crippen LogP contribution is 2.24. The van der Waals surface area contributed by atoms with Crippen LogP contribution in [0, 0.1) is 0 Å². The van der Waals surface area contributed by atoms with Gasteiger partial charge >= 0.3 is 5.97 Å². The van der Waals surface area contributed by atoms with Crippen molar-refractivity contribution in [1.82, 2.24) is 0 Å². The summed E-state index contributed by atoms with van der Waals surface area (Å²) in [6, 6.07) is 16.7. The zero-order valence-electron chi connectivity index (χ0n) is 11.5. The molecule has 0 radical (unpaired) electrons. The summed E-state index contributed by atoms with van der Waals surface area (Å²) in [7, 11) is 0. The minimum atomic E-state index is -1.01.